The first-order valence-corrected chi connectivity index (χ1v) is 19.1. The molecular weight excluding hydrogens is 408 g/mol. The number of rotatable bonds is 18. The second-order valence-corrected chi connectivity index (χ2v) is 22.0. The lowest BCUT2D eigenvalue weighted by atomic mass is 9.99. The summed E-state index contributed by atoms with van der Waals surface area (Å²) < 4.78 is 7.77. The van der Waals surface area contributed by atoms with Crippen molar-refractivity contribution in [3.63, 3.8) is 0 Å². The molecule has 3 heteroatoms. The van der Waals surface area contributed by atoms with E-state index in [1.165, 1.54) is 76.3 Å². The summed E-state index contributed by atoms with van der Waals surface area (Å²) in [5.74, 6) is 1.34. The van der Waals surface area contributed by atoms with Crippen LogP contribution in [-0.2, 0) is 4.12 Å². The first-order valence-electron chi connectivity index (χ1n) is 13.9. The maximum absolute atomic E-state index is 7.77. The van der Waals surface area contributed by atoms with Crippen molar-refractivity contribution in [1.82, 2.24) is 0 Å². The van der Waals surface area contributed by atoms with Crippen LogP contribution in [0, 0.1) is 11.8 Å². The molecule has 1 nitrogen and oxygen atoms in total. The van der Waals surface area contributed by atoms with E-state index in [9.17, 15) is 0 Å². The van der Waals surface area contributed by atoms with E-state index in [1.54, 1.807) is 0 Å². The van der Waals surface area contributed by atoms with Gasteiger partial charge in [0.15, 0.2) is 16.6 Å². The summed E-state index contributed by atoms with van der Waals surface area (Å²) in [4.78, 5) is 0. The van der Waals surface area contributed by atoms with Crippen LogP contribution < -0.4 is 0 Å². The Morgan fingerprint density at radius 1 is 0.548 bits per heavy atom. The highest BCUT2D eigenvalue weighted by atomic mass is 28.4. The van der Waals surface area contributed by atoms with Crippen molar-refractivity contribution in [3.8, 4) is 0 Å². The fourth-order valence-electron chi connectivity index (χ4n) is 4.86. The minimum atomic E-state index is -1.91. The van der Waals surface area contributed by atoms with Gasteiger partial charge in [-0.3, -0.25) is 0 Å². The van der Waals surface area contributed by atoms with Crippen LogP contribution in [0.4, 0.5) is 0 Å². The fraction of sp³-hybridized carbons (Fsp3) is 1.00. The number of hydrogen-bond acceptors (Lipinski definition) is 1. The van der Waals surface area contributed by atoms with Crippen LogP contribution in [0.15, 0.2) is 0 Å². The van der Waals surface area contributed by atoms with Crippen LogP contribution in [0.25, 0.3) is 0 Å². The Balaban J connectivity index is 5.78. The van der Waals surface area contributed by atoms with Crippen molar-refractivity contribution >= 4 is 16.6 Å². The van der Waals surface area contributed by atoms with E-state index in [0.29, 0.717) is 21.9 Å². The third kappa shape index (κ3) is 8.93. The minimum Gasteiger partial charge on any atom is -0.454 e. The second kappa shape index (κ2) is 13.9. The van der Waals surface area contributed by atoms with Crippen LogP contribution in [0.2, 0.25) is 35.3 Å². The Morgan fingerprint density at radius 3 is 1.10 bits per heavy atom. The number of hydrogen-bond donors (Lipinski definition) is 0. The van der Waals surface area contributed by atoms with Gasteiger partial charge < -0.3 is 4.12 Å². The van der Waals surface area contributed by atoms with E-state index in [-0.39, 0.29) is 0 Å². The second-order valence-electron chi connectivity index (χ2n) is 12.6. The Kier molecular flexibility index (Phi) is 14.1. The number of unbranched alkanes of at least 4 members (excludes halogenated alkanes) is 8. The molecule has 188 valence electrons. The molecule has 0 bridgehead atoms. The molecule has 31 heavy (non-hydrogen) atoms. The van der Waals surface area contributed by atoms with Crippen LogP contribution in [0.3, 0.4) is 0 Å². The van der Waals surface area contributed by atoms with Crippen LogP contribution in [0.5, 0.6) is 0 Å². The predicted molar refractivity (Wildman–Crippen MR) is 149 cm³/mol. The molecule has 2 atom stereocenters. The lowest BCUT2D eigenvalue weighted by Gasteiger charge is -2.55. The molecular formula is C28H62OSi2. The summed E-state index contributed by atoms with van der Waals surface area (Å²) in [7, 11) is -3.81. The van der Waals surface area contributed by atoms with Gasteiger partial charge in [-0.25, -0.2) is 0 Å². The summed E-state index contributed by atoms with van der Waals surface area (Å²) in [6.45, 7) is 29.7. The highest BCUT2D eigenvalue weighted by Crippen LogP contribution is 2.54. The van der Waals surface area contributed by atoms with Gasteiger partial charge in [-0.15, -0.1) is 0 Å². The molecule has 0 spiro atoms. The van der Waals surface area contributed by atoms with Gasteiger partial charge in [0.05, 0.1) is 0 Å². The molecule has 0 radical (unpaired) electrons. The standard InChI is InChI=1S/C28H62OSi2/c1-13-15-17-19-21-23-30(11,27(7,8)25(3)4)29-31(12,28(9,10)26(5)6)24-22-20-18-16-14-2/h25-26H,13-24H2,1-12H3. The van der Waals surface area contributed by atoms with Gasteiger partial charge in [0.1, 0.15) is 0 Å². The van der Waals surface area contributed by atoms with E-state index in [1.807, 2.05) is 0 Å². The molecule has 0 aliphatic rings. The van der Waals surface area contributed by atoms with Crippen LogP contribution in [0.1, 0.15) is 133 Å². The SMILES string of the molecule is CCCCCCC[Si](C)(O[Si](C)(CCCCCCC)C(C)(C)C(C)C)C(C)(C)C(C)C. The molecule has 2 unspecified atom stereocenters. The average molecular weight is 471 g/mol. The molecule has 0 N–H and O–H groups in total. The largest absolute Gasteiger partial charge is 0.454 e. The minimum absolute atomic E-state index is 0.307. The van der Waals surface area contributed by atoms with Gasteiger partial charge >= 0.3 is 0 Å². The molecule has 0 saturated carbocycles. The highest BCUT2D eigenvalue weighted by molar-refractivity contribution is 6.88. The first-order chi connectivity index (χ1) is 14.2. The summed E-state index contributed by atoms with van der Waals surface area (Å²) in [5, 5.41) is 0.614. The lowest BCUT2D eigenvalue weighted by Crippen LogP contribution is -2.59. The van der Waals surface area contributed by atoms with Gasteiger partial charge in [-0.2, -0.15) is 0 Å². The highest BCUT2D eigenvalue weighted by Gasteiger charge is 2.55. The summed E-state index contributed by atoms with van der Waals surface area (Å²) >= 11 is 0. The van der Waals surface area contributed by atoms with Crippen molar-refractivity contribution < 1.29 is 4.12 Å². The third-order valence-electron chi connectivity index (χ3n) is 9.58. The third-order valence-corrected chi connectivity index (χ3v) is 22.4. The monoisotopic (exact) mass is 470 g/mol. The van der Waals surface area contributed by atoms with Gasteiger partial charge in [0.25, 0.3) is 0 Å². The topological polar surface area (TPSA) is 9.23 Å². The van der Waals surface area contributed by atoms with Gasteiger partial charge in [-0.05, 0) is 47.1 Å². The normalized spacial score (nSPS) is 17.2. The van der Waals surface area contributed by atoms with Crippen molar-refractivity contribution in [3.05, 3.63) is 0 Å². The molecule has 0 saturated heterocycles. The zero-order chi connectivity index (χ0) is 24.3. The van der Waals surface area contributed by atoms with Crippen LogP contribution >= 0.6 is 0 Å². The average Bonchev–Trinajstić information content (AvgIpc) is 2.67. The zero-order valence-electron chi connectivity index (χ0n) is 24.0. The summed E-state index contributed by atoms with van der Waals surface area (Å²) in [5.41, 5.74) is 0. The Hall–Kier alpha value is 0.394. The molecule has 0 aliphatic heterocycles. The maximum Gasteiger partial charge on any atom is 0.182 e. The maximum atomic E-state index is 7.77. The Morgan fingerprint density at radius 2 is 0.839 bits per heavy atom. The molecule has 0 aromatic carbocycles. The Labute approximate surface area is 201 Å². The molecule has 0 amide bonds. The van der Waals surface area contributed by atoms with Gasteiger partial charge in [-0.1, -0.05) is 133 Å². The van der Waals surface area contributed by atoms with Crippen LogP contribution in [-0.4, -0.2) is 16.6 Å². The summed E-state index contributed by atoms with van der Waals surface area (Å²) in [6, 6.07) is 2.68. The predicted octanol–water partition coefficient (Wildman–Crippen LogP) is 11.0. The van der Waals surface area contributed by atoms with Gasteiger partial charge in [0.2, 0.25) is 0 Å². The Bertz CT molecular complexity index is 430. The lowest BCUT2D eigenvalue weighted by molar-refractivity contribution is 0.339. The van der Waals surface area contributed by atoms with Crippen molar-refractivity contribution in [2.75, 3.05) is 0 Å². The molecule has 0 rings (SSSR count). The molecule has 0 fully saturated rings. The van der Waals surface area contributed by atoms with Crippen molar-refractivity contribution in [2.45, 2.75) is 169 Å². The van der Waals surface area contributed by atoms with E-state index in [4.69, 9.17) is 4.12 Å². The quantitative estimate of drug-likeness (QED) is 0.143. The van der Waals surface area contributed by atoms with E-state index in [0.717, 1.165) is 0 Å². The van der Waals surface area contributed by atoms with E-state index < -0.39 is 16.6 Å². The molecule has 0 aromatic heterocycles. The molecule has 0 aromatic rings. The van der Waals surface area contributed by atoms with E-state index >= 15 is 0 Å². The first kappa shape index (κ1) is 31.4. The fourth-order valence-corrected chi connectivity index (χ4v) is 17.3. The molecule has 0 aliphatic carbocycles. The van der Waals surface area contributed by atoms with Crippen molar-refractivity contribution in [1.29, 1.82) is 0 Å². The smallest absolute Gasteiger partial charge is 0.182 e. The zero-order valence-corrected chi connectivity index (χ0v) is 26.0. The molecule has 0 heterocycles. The van der Waals surface area contributed by atoms with Gasteiger partial charge in [0, 0.05) is 0 Å². The summed E-state index contributed by atoms with van der Waals surface area (Å²) in [6.07, 6.45) is 13.7. The van der Waals surface area contributed by atoms with Crippen molar-refractivity contribution in [2.24, 2.45) is 11.8 Å². The van der Waals surface area contributed by atoms with E-state index in [2.05, 4.69) is 82.3 Å².